The Kier molecular flexibility index (Phi) is 4.84. The maximum atomic E-state index is 10.2. The molecule has 1 unspecified atom stereocenters. The molecular weight excluding hydrogens is 184 g/mol. The summed E-state index contributed by atoms with van der Waals surface area (Å²) in [6, 6.07) is 0. The number of ether oxygens (including phenoxy) is 1. The smallest absolute Gasteiger partial charge is 0.326 e. The lowest BCUT2D eigenvalue weighted by molar-refractivity contribution is -0.136. The van der Waals surface area contributed by atoms with Crippen LogP contribution in [0.1, 0.15) is 6.92 Å². The Morgan fingerprint density at radius 3 is 2.67 bits per heavy atom. The van der Waals surface area contributed by atoms with Gasteiger partial charge in [-0.2, -0.15) is 0 Å². The summed E-state index contributed by atoms with van der Waals surface area (Å²) in [6.07, 6.45) is 2.01. The number of carbonyl (C=O) groups is 2. The van der Waals surface area contributed by atoms with Crippen LogP contribution in [0.5, 0.6) is 0 Å². The first-order chi connectivity index (χ1) is 5.54. The standard InChI is InChI=1S/C7H7ClO4/c1-5(9)12-4-2-3-6(8)7(10)11/h3-4,6H,1H3,(H,10,11). The molecule has 0 spiro atoms. The van der Waals surface area contributed by atoms with Crippen molar-refractivity contribution in [2.45, 2.75) is 12.3 Å². The number of esters is 1. The molecule has 0 aromatic heterocycles. The highest BCUT2D eigenvalue weighted by Gasteiger charge is 2.07. The van der Waals surface area contributed by atoms with Gasteiger partial charge < -0.3 is 9.84 Å². The van der Waals surface area contributed by atoms with Crippen LogP contribution in [-0.4, -0.2) is 22.4 Å². The lowest BCUT2D eigenvalue weighted by atomic mass is 10.4. The van der Waals surface area contributed by atoms with Crippen molar-refractivity contribution in [2.75, 3.05) is 0 Å². The van der Waals surface area contributed by atoms with Crippen LogP contribution >= 0.6 is 11.6 Å². The molecule has 0 aliphatic heterocycles. The number of hydrogen-bond acceptors (Lipinski definition) is 3. The van der Waals surface area contributed by atoms with E-state index >= 15 is 0 Å². The number of carboxylic acid groups (broad SMARTS) is 1. The fourth-order valence-corrected chi connectivity index (χ4v) is 0.385. The summed E-state index contributed by atoms with van der Waals surface area (Å²) in [5.74, 6) is -1.68. The Hall–Kier alpha value is -1.25. The van der Waals surface area contributed by atoms with E-state index in [0.29, 0.717) is 0 Å². The van der Waals surface area contributed by atoms with Crippen molar-refractivity contribution in [1.29, 1.82) is 0 Å². The molecule has 0 fully saturated rings. The minimum absolute atomic E-state index is 0.502. The molecule has 12 heavy (non-hydrogen) atoms. The predicted octanol–water partition coefficient (Wildman–Crippen LogP) is 0.910. The predicted molar refractivity (Wildman–Crippen MR) is 41.7 cm³/mol. The van der Waals surface area contributed by atoms with Crippen LogP contribution in [0.2, 0.25) is 0 Å². The topological polar surface area (TPSA) is 63.6 Å². The maximum Gasteiger partial charge on any atom is 0.326 e. The molecule has 0 aliphatic carbocycles. The quantitative estimate of drug-likeness (QED) is 0.311. The summed E-state index contributed by atoms with van der Waals surface area (Å²) in [4.78, 5) is 20.3. The average Bonchev–Trinajstić information content (AvgIpc) is 1.97. The zero-order valence-corrected chi connectivity index (χ0v) is 7.04. The van der Waals surface area contributed by atoms with Crippen LogP contribution in [0.3, 0.4) is 0 Å². The van der Waals surface area contributed by atoms with E-state index in [0.717, 1.165) is 12.3 Å². The van der Waals surface area contributed by atoms with E-state index in [1.807, 2.05) is 0 Å². The molecule has 0 saturated carbocycles. The Bertz CT molecular complexity index is 240. The van der Waals surface area contributed by atoms with Gasteiger partial charge in [-0.3, -0.25) is 9.59 Å². The average molecular weight is 191 g/mol. The van der Waals surface area contributed by atoms with Crippen LogP contribution in [0.15, 0.2) is 18.1 Å². The van der Waals surface area contributed by atoms with Gasteiger partial charge in [0, 0.05) is 6.92 Å². The van der Waals surface area contributed by atoms with Crippen molar-refractivity contribution in [2.24, 2.45) is 0 Å². The van der Waals surface area contributed by atoms with Gasteiger partial charge in [0.2, 0.25) is 0 Å². The first kappa shape index (κ1) is 10.8. The SMILES string of the molecule is CC(=O)OC=C=CC(Cl)C(=O)O. The number of halogens is 1. The van der Waals surface area contributed by atoms with Crippen LogP contribution < -0.4 is 0 Å². The molecule has 0 heterocycles. The lowest BCUT2D eigenvalue weighted by Crippen LogP contribution is -2.08. The molecule has 1 N–H and O–H groups in total. The summed E-state index contributed by atoms with van der Waals surface area (Å²) >= 11 is 5.25. The third-order valence-electron chi connectivity index (χ3n) is 0.771. The van der Waals surface area contributed by atoms with E-state index in [2.05, 4.69) is 10.5 Å². The largest absolute Gasteiger partial charge is 0.480 e. The Labute approximate surface area is 74.1 Å². The fourth-order valence-electron chi connectivity index (χ4n) is 0.312. The van der Waals surface area contributed by atoms with Gasteiger partial charge in [-0.1, -0.05) is 5.73 Å². The Morgan fingerprint density at radius 1 is 1.67 bits per heavy atom. The molecule has 0 aromatic carbocycles. The second kappa shape index (κ2) is 5.41. The third-order valence-corrected chi connectivity index (χ3v) is 1.08. The highest BCUT2D eigenvalue weighted by molar-refractivity contribution is 6.30. The molecule has 0 bridgehead atoms. The van der Waals surface area contributed by atoms with Crippen LogP contribution in [0, 0.1) is 0 Å². The first-order valence-corrected chi connectivity index (χ1v) is 3.43. The number of alkyl halides is 1. The molecule has 0 rings (SSSR count). The summed E-state index contributed by atoms with van der Waals surface area (Å²) < 4.78 is 4.31. The van der Waals surface area contributed by atoms with Crippen molar-refractivity contribution in [3.8, 4) is 0 Å². The molecule has 66 valence electrons. The zero-order valence-electron chi connectivity index (χ0n) is 6.28. The second-order valence-electron chi connectivity index (χ2n) is 1.80. The van der Waals surface area contributed by atoms with Gasteiger partial charge in [0.05, 0.1) is 0 Å². The second-order valence-corrected chi connectivity index (χ2v) is 2.27. The fraction of sp³-hybridized carbons (Fsp3) is 0.286. The molecule has 0 amide bonds. The van der Waals surface area contributed by atoms with Crippen molar-refractivity contribution in [3.05, 3.63) is 18.1 Å². The number of carbonyl (C=O) groups excluding carboxylic acids is 1. The van der Waals surface area contributed by atoms with Gasteiger partial charge >= 0.3 is 11.9 Å². The highest BCUT2D eigenvalue weighted by Crippen LogP contribution is 1.95. The molecule has 4 nitrogen and oxygen atoms in total. The summed E-state index contributed by atoms with van der Waals surface area (Å²) in [7, 11) is 0. The molecule has 1 atom stereocenters. The van der Waals surface area contributed by atoms with Crippen LogP contribution in [-0.2, 0) is 14.3 Å². The van der Waals surface area contributed by atoms with Crippen molar-refractivity contribution in [1.82, 2.24) is 0 Å². The van der Waals surface area contributed by atoms with Gasteiger partial charge in [-0.05, 0) is 6.08 Å². The molecule has 5 heteroatoms. The third kappa shape index (κ3) is 5.53. The Balaban J connectivity index is 3.97. The van der Waals surface area contributed by atoms with Gasteiger partial charge in [-0.25, -0.2) is 0 Å². The minimum Gasteiger partial charge on any atom is -0.480 e. The highest BCUT2D eigenvalue weighted by atomic mass is 35.5. The van der Waals surface area contributed by atoms with E-state index in [-0.39, 0.29) is 0 Å². The van der Waals surface area contributed by atoms with Crippen LogP contribution in [0.4, 0.5) is 0 Å². The van der Waals surface area contributed by atoms with E-state index in [1.54, 1.807) is 0 Å². The van der Waals surface area contributed by atoms with Crippen molar-refractivity contribution < 1.29 is 19.4 Å². The van der Waals surface area contributed by atoms with Gasteiger partial charge in [0.1, 0.15) is 6.26 Å². The van der Waals surface area contributed by atoms with Crippen molar-refractivity contribution in [3.63, 3.8) is 0 Å². The number of aliphatic carboxylic acids is 1. The monoisotopic (exact) mass is 190 g/mol. The maximum absolute atomic E-state index is 10.2. The van der Waals surface area contributed by atoms with Gasteiger partial charge in [-0.15, -0.1) is 11.6 Å². The van der Waals surface area contributed by atoms with Crippen LogP contribution in [0.25, 0.3) is 0 Å². The molecule has 0 aromatic rings. The number of hydrogen-bond donors (Lipinski definition) is 1. The van der Waals surface area contributed by atoms with Gasteiger partial charge in [0.15, 0.2) is 5.38 Å². The zero-order chi connectivity index (χ0) is 9.56. The minimum atomic E-state index is -1.18. The summed E-state index contributed by atoms with van der Waals surface area (Å²) in [5, 5.41) is 7.11. The van der Waals surface area contributed by atoms with E-state index < -0.39 is 17.3 Å². The van der Waals surface area contributed by atoms with E-state index in [1.165, 1.54) is 6.92 Å². The number of rotatable bonds is 3. The van der Waals surface area contributed by atoms with E-state index in [4.69, 9.17) is 16.7 Å². The molecular formula is C7H7ClO4. The van der Waals surface area contributed by atoms with E-state index in [9.17, 15) is 9.59 Å². The summed E-state index contributed by atoms with van der Waals surface area (Å²) in [6.45, 7) is 1.22. The number of carboxylic acids is 1. The molecule has 0 aliphatic rings. The lowest BCUT2D eigenvalue weighted by Gasteiger charge is -1.90. The van der Waals surface area contributed by atoms with Gasteiger partial charge in [0.25, 0.3) is 0 Å². The first-order valence-electron chi connectivity index (χ1n) is 2.99. The molecule has 0 radical (unpaired) electrons. The van der Waals surface area contributed by atoms with Crippen molar-refractivity contribution >= 4 is 23.5 Å². The Morgan fingerprint density at radius 2 is 2.25 bits per heavy atom. The summed E-state index contributed by atoms with van der Waals surface area (Å²) in [5.41, 5.74) is 2.29. The normalized spacial score (nSPS) is 10.8. The molecule has 0 saturated heterocycles.